The number of aromatic nitrogens is 14. The van der Waals surface area contributed by atoms with Gasteiger partial charge in [0.15, 0.2) is 22.6 Å². The quantitative estimate of drug-likeness (QED) is 0.0297. The molecule has 5 saturated heterocycles. The van der Waals surface area contributed by atoms with Gasteiger partial charge in [0, 0.05) is 73.0 Å². The molecule has 10 unspecified atom stereocenters. The van der Waals surface area contributed by atoms with Crippen LogP contribution >= 0.6 is 33.6 Å². The summed E-state index contributed by atoms with van der Waals surface area (Å²) in [7, 11) is 1.14. The number of anilines is 4. The maximum atomic E-state index is 13.6. The molecule has 15 N–H and O–H groups in total. The molecular weight excluding hydrogens is 1630 g/mol. The van der Waals surface area contributed by atoms with Gasteiger partial charge in [0.25, 0.3) is 11.1 Å². The number of hydrogen-bond acceptors (Lipinski definition) is 36. The van der Waals surface area contributed by atoms with Gasteiger partial charge in [-0.05, 0) is 86.2 Å². The summed E-state index contributed by atoms with van der Waals surface area (Å²) in [4.78, 5) is 158. The highest BCUT2D eigenvalue weighted by Crippen LogP contribution is 2.58. The van der Waals surface area contributed by atoms with Crippen molar-refractivity contribution in [2.45, 2.75) is 160 Å². The highest BCUT2D eigenvalue weighted by Gasteiger charge is 2.53. The van der Waals surface area contributed by atoms with Crippen molar-refractivity contribution in [1.29, 1.82) is 0 Å². The number of nitrogens with one attached hydrogen (secondary N) is 2. The molecule has 23 atom stereocenters. The standard InChI is InChI=1S/C55H77N18O25P5S5/c1-9-28-29(10-35(89-28)69-14-24(4)47(74)68-55(69)78)94-100(80,105)85-15-31-30(11-36(90-31)72-20-62-37-44(58)60-19-61-45(37)72)95-101(81,106)86-16-34-41(27(7)51(93-34)73-21-63-38-46(73)66-52(59)67-48(38)75)98-103(83,108)88-18-33-40(26(6)50(92-33)71-13-23(3)43(57)65-54(71)77)97-102(82,107)87-17-32-39(96-99(79,104)84-8)25(5)49(91-32)70-12-22(2)42(56)64-53(70)76/h12-14,19-21,25-36,39-41,49-51H,9-11,15-18H2,1-8H3,(H,79,104)(H,80,105)(H,81,106)(H,82,107)(H,83,108)(H2,56,64,76)(H2,57,65,77)(H2,58,60,61)(H,68,74,78)(H3,59,66,67,75)/t25-,26-,27-,28+,29?,30?,31+,32+,33+,34+,35+,36+,39?,40?,41?,49+,50+,51+,99?,100?,101?,102?,103?/m0/s1. The normalized spacial score (nSPS) is 30.9. The fourth-order valence-electron chi connectivity index (χ4n) is 13.1. The number of nitrogens with two attached hydrogens (primary N) is 4. The average molecular weight is 1710 g/mol. The number of aromatic amines is 2. The van der Waals surface area contributed by atoms with Crippen LogP contribution in [0, 0.1) is 38.5 Å². The predicted molar refractivity (Wildman–Crippen MR) is 398 cm³/mol. The first kappa shape index (κ1) is 82.4. The molecule has 0 aliphatic carbocycles. The lowest BCUT2D eigenvalue weighted by Gasteiger charge is -2.30. The average Bonchev–Trinajstić information content (AvgIpc) is 1.63. The van der Waals surface area contributed by atoms with Crippen LogP contribution in [-0.4, -0.2) is 187 Å². The van der Waals surface area contributed by atoms with Crippen LogP contribution in [-0.2, 0) is 128 Å². The Bertz CT molecular complexity index is 5140. The molecule has 0 bridgehead atoms. The van der Waals surface area contributed by atoms with Crippen LogP contribution in [0.5, 0.6) is 0 Å². The summed E-state index contributed by atoms with van der Waals surface area (Å²) in [5, 5.41) is 0. The highest BCUT2D eigenvalue weighted by molar-refractivity contribution is 8.08. The van der Waals surface area contributed by atoms with E-state index in [1.807, 2.05) is 0 Å². The van der Waals surface area contributed by atoms with E-state index in [1.165, 1.54) is 62.8 Å². The Kier molecular flexibility index (Phi) is 24.8. The minimum Gasteiger partial charge on any atom is -0.383 e. The summed E-state index contributed by atoms with van der Waals surface area (Å²) in [5.74, 6) is -2.98. The van der Waals surface area contributed by atoms with Gasteiger partial charge in [0.05, 0.1) is 57.4 Å². The van der Waals surface area contributed by atoms with Crippen molar-refractivity contribution in [3.63, 3.8) is 0 Å². The molecule has 12 rings (SSSR count). The van der Waals surface area contributed by atoms with Gasteiger partial charge in [0.1, 0.15) is 97.3 Å². The van der Waals surface area contributed by atoms with Crippen molar-refractivity contribution in [1.82, 2.24) is 67.7 Å². The predicted octanol–water partition coefficient (Wildman–Crippen LogP) is 1.59. The zero-order chi connectivity index (χ0) is 78.2. The Morgan fingerprint density at radius 2 is 0.917 bits per heavy atom. The zero-order valence-electron chi connectivity index (χ0n) is 58.2. The monoisotopic (exact) mass is 1700 g/mol. The van der Waals surface area contributed by atoms with E-state index in [1.54, 1.807) is 41.5 Å². The highest BCUT2D eigenvalue weighted by atomic mass is 32.5. The van der Waals surface area contributed by atoms with E-state index in [4.69, 9.17) is 151 Å². The number of H-pyrrole nitrogens is 2. The smallest absolute Gasteiger partial charge is 0.351 e. The molecule has 53 heteroatoms. The Morgan fingerprint density at radius 1 is 0.491 bits per heavy atom. The molecule has 43 nitrogen and oxygen atoms in total. The van der Waals surface area contributed by atoms with E-state index in [-0.39, 0.29) is 64.1 Å². The number of nitrogen functional groups attached to an aromatic ring is 4. The lowest BCUT2D eigenvalue weighted by Crippen LogP contribution is -2.35. The fourth-order valence-corrected chi connectivity index (χ4v) is 20.1. The van der Waals surface area contributed by atoms with Crippen LogP contribution in [0.2, 0.25) is 0 Å². The first-order chi connectivity index (χ1) is 50.7. The van der Waals surface area contributed by atoms with Crippen LogP contribution in [0.15, 0.2) is 61.5 Å². The minimum absolute atomic E-state index is 0.0164. The molecular formula is C55H77N18O25P5S5. The van der Waals surface area contributed by atoms with Gasteiger partial charge in [-0.3, -0.25) is 42.4 Å². The van der Waals surface area contributed by atoms with Crippen LogP contribution in [0.4, 0.5) is 23.4 Å². The van der Waals surface area contributed by atoms with Gasteiger partial charge < -0.3 is 116 Å². The van der Waals surface area contributed by atoms with Gasteiger partial charge in [-0.25, -0.2) is 34.3 Å². The maximum absolute atomic E-state index is 13.6. The summed E-state index contributed by atoms with van der Waals surface area (Å²) < 4.78 is 98.2. The maximum Gasteiger partial charge on any atom is 0.351 e. The van der Waals surface area contributed by atoms with Crippen molar-refractivity contribution in [2.75, 3.05) is 56.5 Å². The first-order valence-electron chi connectivity index (χ1n) is 32.9. The molecule has 5 fully saturated rings. The molecule has 5 aliphatic rings. The summed E-state index contributed by atoms with van der Waals surface area (Å²) in [6, 6.07) is 0. The van der Waals surface area contributed by atoms with E-state index in [0.717, 1.165) is 11.7 Å². The molecule has 0 radical (unpaired) electrons. The Balaban J connectivity index is 0.777. The Labute approximate surface area is 636 Å². The van der Waals surface area contributed by atoms with Crippen LogP contribution < -0.4 is 51.1 Å². The third kappa shape index (κ3) is 18.0. The van der Waals surface area contributed by atoms with Gasteiger partial charge in [0.2, 0.25) is 5.95 Å². The van der Waals surface area contributed by atoms with Crippen molar-refractivity contribution < 1.29 is 93.4 Å². The summed E-state index contributed by atoms with van der Waals surface area (Å²) in [6.45, 7) is -13.2. The van der Waals surface area contributed by atoms with E-state index in [2.05, 4.69) is 44.9 Å². The number of imidazole rings is 2. The number of fused-ring (bicyclic) bond motifs is 2. The number of hydrogen-bond donors (Lipinski definition) is 11. The molecule has 7 aromatic rings. The van der Waals surface area contributed by atoms with Crippen molar-refractivity contribution in [3.8, 4) is 0 Å². The topological polar surface area (TPSA) is 575 Å². The van der Waals surface area contributed by atoms with Crippen molar-refractivity contribution in [2.24, 2.45) is 17.8 Å². The van der Waals surface area contributed by atoms with E-state index < -0.39 is 198 Å². The minimum atomic E-state index is -4.66. The van der Waals surface area contributed by atoms with Gasteiger partial charge in [-0.15, -0.1) is 0 Å². The zero-order valence-corrected chi connectivity index (χ0v) is 66.7. The SMILES string of the molecule is CC[C@H]1O[C@@H](n2cc(C)c(=O)[nH]c2=O)CC1OP(O)(=S)OC[C@H]1O[C@@H](n2cnc3c(N)ncnc32)CC1OP(O)(=S)OC[C@H]1O[C@@H](n2cnc3c(=O)[nH]c(N)nc32)[C@@H](C)C1OP(O)(=S)OC[C@H]1O[C@@H](n2cc(C)c(N)nc2=O)[C@@H](C)C1OP(O)(=S)OC[C@H]1O[C@@H](n2cc(C)c(N)nc2=O)[C@@H](C)C1OP(O)(=S)OC. The lowest BCUT2D eigenvalue weighted by atomic mass is 10.0. The Hall–Kier alpha value is -5.01. The molecule has 0 spiro atoms. The van der Waals surface area contributed by atoms with Crippen molar-refractivity contribution in [3.05, 3.63) is 106 Å². The summed E-state index contributed by atoms with van der Waals surface area (Å²) in [6.07, 6.45) is -9.32. The van der Waals surface area contributed by atoms with Gasteiger partial charge >= 0.3 is 50.7 Å². The molecule has 0 amide bonds. The molecule has 5 aliphatic heterocycles. The summed E-state index contributed by atoms with van der Waals surface area (Å²) in [5.41, 5.74) is 21.8. The van der Waals surface area contributed by atoms with E-state index in [9.17, 15) is 48.4 Å². The third-order valence-corrected chi connectivity index (χ3v) is 26.6. The van der Waals surface area contributed by atoms with Gasteiger partial charge in [-0.1, -0.05) is 27.7 Å². The number of aryl methyl sites for hydroxylation is 3. The van der Waals surface area contributed by atoms with Crippen LogP contribution in [0.25, 0.3) is 22.3 Å². The fraction of sp³-hybridized carbons (Fsp3) is 0.600. The summed E-state index contributed by atoms with van der Waals surface area (Å²) >= 11 is 27.8. The van der Waals surface area contributed by atoms with Crippen molar-refractivity contribution >= 4 is 138 Å². The molecule has 12 heterocycles. The number of ether oxygens (including phenoxy) is 5. The molecule has 0 saturated carbocycles. The third-order valence-electron chi connectivity index (χ3n) is 18.6. The molecule has 592 valence electrons. The second-order valence-corrected chi connectivity index (χ2v) is 40.0. The second kappa shape index (κ2) is 32.5. The largest absolute Gasteiger partial charge is 0.383 e. The van der Waals surface area contributed by atoms with E-state index >= 15 is 0 Å². The molecule has 108 heavy (non-hydrogen) atoms. The molecule has 7 aromatic heterocycles. The second-order valence-electron chi connectivity index (χ2n) is 26.0. The van der Waals surface area contributed by atoms with Crippen LogP contribution in [0.1, 0.15) is 94.8 Å². The number of rotatable bonds is 29. The number of nitrogens with zero attached hydrogens (tertiary/aromatic N) is 12. The molecule has 0 aromatic carbocycles. The van der Waals surface area contributed by atoms with E-state index in [0.29, 0.717) is 17.5 Å². The van der Waals surface area contributed by atoms with Gasteiger partial charge in [-0.2, -0.15) is 15.0 Å². The van der Waals surface area contributed by atoms with Crippen LogP contribution in [0.3, 0.4) is 0 Å². The first-order valence-corrected chi connectivity index (χ1v) is 45.8. The lowest BCUT2D eigenvalue weighted by molar-refractivity contribution is -0.0565. The Morgan fingerprint density at radius 3 is 1.42 bits per heavy atom.